The first-order valence-corrected chi connectivity index (χ1v) is 8.05. The summed E-state index contributed by atoms with van der Waals surface area (Å²) in [4.78, 5) is 8.91. The molecular formula is C14H20N6S. The zero-order chi connectivity index (χ0) is 14.8. The van der Waals surface area contributed by atoms with Crippen LogP contribution in [0.2, 0.25) is 0 Å². The van der Waals surface area contributed by atoms with E-state index in [4.69, 9.17) is 0 Å². The average molecular weight is 304 g/mol. The summed E-state index contributed by atoms with van der Waals surface area (Å²) >= 11 is 1.48. The van der Waals surface area contributed by atoms with Crippen molar-refractivity contribution in [3.05, 3.63) is 23.3 Å². The molecule has 3 rings (SSSR count). The highest BCUT2D eigenvalue weighted by atomic mass is 32.2. The molecule has 0 aliphatic carbocycles. The minimum absolute atomic E-state index is 0.498. The fourth-order valence-electron chi connectivity index (χ4n) is 2.67. The van der Waals surface area contributed by atoms with E-state index in [1.54, 1.807) is 0 Å². The average Bonchev–Trinajstić information content (AvgIpc) is 2.80. The molecule has 1 fully saturated rings. The van der Waals surface area contributed by atoms with Crippen LogP contribution in [-0.4, -0.2) is 37.8 Å². The molecule has 3 heterocycles. The number of nitrogens with one attached hydrogen (secondary N) is 1. The van der Waals surface area contributed by atoms with Crippen molar-refractivity contribution in [3.63, 3.8) is 0 Å². The summed E-state index contributed by atoms with van der Waals surface area (Å²) in [6, 6.07) is 1.97. The van der Waals surface area contributed by atoms with Gasteiger partial charge in [0, 0.05) is 24.4 Å². The van der Waals surface area contributed by atoms with E-state index in [0.29, 0.717) is 5.92 Å². The maximum Gasteiger partial charge on any atom is 0.198 e. The Bertz CT molecular complexity index is 612. The standard InChI is InChI=1S/C14H20N6S/c1-9-8-10(2)17-13(16-9)21-14-19-18-12(20(14)3)11-4-6-15-7-5-11/h8,11,15H,4-7H2,1-3H3. The van der Waals surface area contributed by atoms with Gasteiger partial charge < -0.3 is 9.88 Å². The molecule has 7 heteroatoms. The van der Waals surface area contributed by atoms with E-state index in [9.17, 15) is 0 Å². The smallest absolute Gasteiger partial charge is 0.198 e. The fraction of sp³-hybridized carbons (Fsp3) is 0.571. The van der Waals surface area contributed by atoms with Crippen molar-refractivity contribution in [1.29, 1.82) is 0 Å². The molecule has 1 aliphatic heterocycles. The van der Waals surface area contributed by atoms with Crippen molar-refractivity contribution < 1.29 is 0 Å². The van der Waals surface area contributed by atoms with Gasteiger partial charge in [-0.15, -0.1) is 10.2 Å². The third kappa shape index (κ3) is 3.24. The monoisotopic (exact) mass is 304 g/mol. The van der Waals surface area contributed by atoms with Gasteiger partial charge in [0.25, 0.3) is 0 Å². The zero-order valence-corrected chi connectivity index (χ0v) is 13.4. The highest BCUT2D eigenvalue weighted by molar-refractivity contribution is 7.99. The van der Waals surface area contributed by atoms with Gasteiger partial charge in [-0.2, -0.15) is 0 Å². The Labute approximate surface area is 128 Å². The van der Waals surface area contributed by atoms with E-state index in [2.05, 4.69) is 30.0 Å². The molecule has 1 N–H and O–H groups in total. The van der Waals surface area contributed by atoms with E-state index < -0.39 is 0 Å². The largest absolute Gasteiger partial charge is 0.317 e. The Kier molecular flexibility index (Phi) is 4.21. The van der Waals surface area contributed by atoms with Gasteiger partial charge in [0.2, 0.25) is 0 Å². The number of hydrogen-bond donors (Lipinski definition) is 1. The van der Waals surface area contributed by atoms with Crippen molar-refractivity contribution in [2.45, 2.75) is 42.9 Å². The predicted octanol–water partition coefficient (Wildman–Crippen LogP) is 1.84. The molecule has 0 atom stereocenters. The SMILES string of the molecule is Cc1cc(C)nc(Sc2nnc(C3CCNCC3)n2C)n1. The van der Waals surface area contributed by atoms with Crippen LogP contribution in [0.25, 0.3) is 0 Å². The molecule has 0 amide bonds. The first-order chi connectivity index (χ1) is 10.1. The molecule has 1 aliphatic rings. The number of hydrogen-bond acceptors (Lipinski definition) is 6. The van der Waals surface area contributed by atoms with E-state index >= 15 is 0 Å². The molecule has 0 saturated carbocycles. The summed E-state index contributed by atoms with van der Waals surface area (Å²) in [5.41, 5.74) is 1.96. The lowest BCUT2D eigenvalue weighted by atomic mass is 9.97. The number of piperidine rings is 1. The normalized spacial score (nSPS) is 16.3. The third-order valence-electron chi connectivity index (χ3n) is 3.72. The minimum atomic E-state index is 0.498. The van der Waals surface area contributed by atoms with Crippen LogP contribution >= 0.6 is 11.8 Å². The number of rotatable bonds is 3. The van der Waals surface area contributed by atoms with Crippen molar-refractivity contribution in [3.8, 4) is 0 Å². The van der Waals surface area contributed by atoms with Crippen LogP contribution in [0.15, 0.2) is 16.4 Å². The first kappa shape index (κ1) is 14.5. The number of aromatic nitrogens is 5. The molecule has 6 nitrogen and oxygen atoms in total. The van der Waals surface area contributed by atoms with Gasteiger partial charge in [-0.05, 0) is 57.6 Å². The Hall–Kier alpha value is -1.47. The molecule has 0 spiro atoms. The first-order valence-electron chi connectivity index (χ1n) is 7.23. The van der Waals surface area contributed by atoms with Gasteiger partial charge in [0.15, 0.2) is 10.3 Å². The summed E-state index contributed by atoms with van der Waals surface area (Å²) in [7, 11) is 2.03. The predicted molar refractivity (Wildman–Crippen MR) is 81.5 cm³/mol. The van der Waals surface area contributed by atoms with Crippen LogP contribution in [0.4, 0.5) is 0 Å². The molecule has 0 unspecified atom stereocenters. The van der Waals surface area contributed by atoms with Gasteiger partial charge in [0.05, 0.1) is 0 Å². The highest BCUT2D eigenvalue weighted by Gasteiger charge is 2.22. The van der Waals surface area contributed by atoms with E-state index in [1.807, 2.05) is 27.0 Å². The molecule has 2 aromatic rings. The number of nitrogens with zero attached hydrogens (tertiary/aromatic N) is 5. The van der Waals surface area contributed by atoms with Gasteiger partial charge in [-0.25, -0.2) is 9.97 Å². The van der Waals surface area contributed by atoms with Crippen LogP contribution in [0.1, 0.15) is 36.0 Å². The van der Waals surface area contributed by atoms with Crippen molar-refractivity contribution >= 4 is 11.8 Å². The Morgan fingerprint density at radius 3 is 2.48 bits per heavy atom. The van der Waals surface area contributed by atoms with Gasteiger partial charge in [-0.1, -0.05) is 0 Å². The maximum atomic E-state index is 4.45. The molecular weight excluding hydrogens is 284 g/mol. The summed E-state index contributed by atoms with van der Waals surface area (Å²) in [6.45, 7) is 6.08. The molecule has 2 aromatic heterocycles. The quantitative estimate of drug-likeness (QED) is 0.873. The molecule has 1 saturated heterocycles. The lowest BCUT2D eigenvalue weighted by molar-refractivity contribution is 0.434. The second kappa shape index (κ2) is 6.11. The van der Waals surface area contributed by atoms with E-state index in [1.165, 1.54) is 11.8 Å². The van der Waals surface area contributed by atoms with Gasteiger partial charge >= 0.3 is 0 Å². The van der Waals surface area contributed by atoms with Crippen molar-refractivity contribution in [1.82, 2.24) is 30.0 Å². The lowest BCUT2D eigenvalue weighted by Crippen LogP contribution is -2.27. The highest BCUT2D eigenvalue weighted by Crippen LogP contribution is 2.28. The van der Waals surface area contributed by atoms with E-state index in [-0.39, 0.29) is 0 Å². The lowest BCUT2D eigenvalue weighted by Gasteiger charge is -2.21. The topological polar surface area (TPSA) is 68.5 Å². The Morgan fingerprint density at radius 1 is 1.14 bits per heavy atom. The molecule has 0 radical (unpaired) electrons. The molecule has 21 heavy (non-hydrogen) atoms. The maximum absolute atomic E-state index is 4.45. The minimum Gasteiger partial charge on any atom is -0.317 e. The van der Waals surface area contributed by atoms with Gasteiger partial charge in [-0.3, -0.25) is 0 Å². The Morgan fingerprint density at radius 2 is 1.81 bits per heavy atom. The van der Waals surface area contributed by atoms with Crippen LogP contribution in [0.5, 0.6) is 0 Å². The third-order valence-corrected chi connectivity index (χ3v) is 4.62. The molecule has 112 valence electrons. The van der Waals surface area contributed by atoms with Crippen LogP contribution < -0.4 is 5.32 Å². The van der Waals surface area contributed by atoms with Crippen LogP contribution in [0.3, 0.4) is 0 Å². The summed E-state index contributed by atoms with van der Waals surface area (Å²) in [5, 5.41) is 13.7. The van der Waals surface area contributed by atoms with Gasteiger partial charge in [0.1, 0.15) is 5.82 Å². The fourth-order valence-corrected chi connectivity index (χ4v) is 3.53. The number of aryl methyl sites for hydroxylation is 2. The Balaban J connectivity index is 1.81. The summed E-state index contributed by atoms with van der Waals surface area (Å²) in [5.74, 6) is 1.57. The summed E-state index contributed by atoms with van der Waals surface area (Å²) in [6.07, 6.45) is 2.24. The van der Waals surface area contributed by atoms with Crippen molar-refractivity contribution in [2.75, 3.05) is 13.1 Å². The summed E-state index contributed by atoms with van der Waals surface area (Å²) < 4.78 is 2.08. The van der Waals surface area contributed by atoms with Crippen LogP contribution in [0, 0.1) is 13.8 Å². The van der Waals surface area contributed by atoms with Crippen LogP contribution in [-0.2, 0) is 7.05 Å². The second-order valence-electron chi connectivity index (χ2n) is 5.46. The molecule has 0 aromatic carbocycles. The second-order valence-corrected chi connectivity index (χ2v) is 6.39. The van der Waals surface area contributed by atoms with Crippen molar-refractivity contribution in [2.24, 2.45) is 7.05 Å². The zero-order valence-electron chi connectivity index (χ0n) is 12.6. The van der Waals surface area contributed by atoms with E-state index in [0.717, 1.165) is 53.5 Å². The molecule has 0 bridgehead atoms.